The first kappa shape index (κ1) is 10.2. The Morgan fingerprint density at radius 1 is 1.47 bits per heavy atom. The van der Waals surface area contributed by atoms with Crippen LogP contribution in [0.1, 0.15) is 17.3 Å². The van der Waals surface area contributed by atoms with E-state index in [0.29, 0.717) is 16.9 Å². The highest BCUT2D eigenvalue weighted by Gasteiger charge is 2.07. The topological polar surface area (TPSA) is 91.0 Å². The lowest BCUT2D eigenvalue weighted by Crippen LogP contribution is -1.95. The van der Waals surface area contributed by atoms with Crippen molar-refractivity contribution >= 4 is 11.8 Å². The van der Waals surface area contributed by atoms with E-state index in [1.807, 2.05) is 13.0 Å². The van der Waals surface area contributed by atoms with E-state index in [0.717, 1.165) is 11.5 Å². The molecule has 0 aliphatic rings. The summed E-state index contributed by atoms with van der Waals surface area (Å²) in [6.45, 7) is 2.11. The number of rotatable bonds is 4. The van der Waals surface area contributed by atoms with Gasteiger partial charge in [0.05, 0.1) is 12.2 Å². The van der Waals surface area contributed by atoms with Gasteiger partial charge in [0.25, 0.3) is 5.22 Å². The Morgan fingerprint density at radius 3 is 2.93 bits per heavy atom. The van der Waals surface area contributed by atoms with Crippen molar-refractivity contribution in [1.82, 2.24) is 15.4 Å². The van der Waals surface area contributed by atoms with Crippen molar-refractivity contribution in [1.29, 1.82) is 0 Å². The molecule has 0 saturated heterocycles. The molecule has 0 unspecified atom stereocenters. The first-order valence-corrected chi connectivity index (χ1v) is 5.34. The SMILES string of the molecule is Cc1cc(CSc2nnc(CN)o2)no1. The lowest BCUT2D eigenvalue weighted by molar-refractivity contribution is 0.392. The van der Waals surface area contributed by atoms with Crippen molar-refractivity contribution in [3.05, 3.63) is 23.4 Å². The number of aromatic nitrogens is 3. The van der Waals surface area contributed by atoms with Gasteiger partial charge in [0, 0.05) is 11.8 Å². The molecule has 0 saturated carbocycles. The Bertz CT molecular complexity index is 439. The fraction of sp³-hybridized carbons (Fsp3) is 0.375. The van der Waals surface area contributed by atoms with Crippen molar-refractivity contribution in [2.75, 3.05) is 0 Å². The normalized spacial score (nSPS) is 10.8. The van der Waals surface area contributed by atoms with Gasteiger partial charge in [-0.1, -0.05) is 16.9 Å². The van der Waals surface area contributed by atoms with Crippen LogP contribution in [0.4, 0.5) is 0 Å². The van der Waals surface area contributed by atoms with Gasteiger partial charge in [0.2, 0.25) is 5.89 Å². The number of nitrogens with zero attached hydrogens (tertiary/aromatic N) is 3. The molecule has 0 amide bonds. The molecular formula is C8H10N4O2S. The van der Waals surface area contributed by atoms with E-state index >= 15 is 0 Å². The number of hydrogen-bond donors (Lipinski definition) is 1. The third kappa shape index (κ3) is 2.57. The van der Waals surface area contributed by atoms with Crippen LogP contribution in [-0.2, 0) is 12.3 Å². The van der Waals surface area contributed by atoms with Crippen LogP contribution in [0.2, 0.25) is 0 Å². The maximum atomic E-state index is 5.34. The van der Waals surface area contributed by atoms with Gasteiger partial charge in [0.1, 0.15) is 5.76 Å². The maximum absolute atomic E-state index is 5.34. The third-order valence-electron chi connectivity index (χ3n) is 1.64. The predicted octanol–water partition coefficient (Wildman–Crippen LogP) is 1.12. The molecule has 2 N–H and O–H groups in total. The molecule has 0 spiro atoms. The summed E-state index contributed by atoms with van der Waals surface area (Å²) in [6, 6.07) is 1.87. The molecule has 15 heavy (non-hydrogen) atoms. The quantitative estimate of drug-likeness (QED) is 0.781. The van der Waals surface area contributed by atoms with Gasteiger partial charge >= 0.3 is 0 Å². The summed E-state index contributed by atoms with van der Waals surface area (Å²) in [5.41, 5.74) is 6.19. The summed E-state index contributed by atoms with van der Waals surface area (Å²) in [6.07, 6.45) is 0. The summed E-state index contributed by atoms with van der Waals surface area (Å²) >= 11 is 1.40. The second-order valence-corrected chi connectivity index (χ2v) is 3.81. The molecule has 2 aromatic heterocycles. The molecule has 6 nitrogen and oxygen atoms in total. The molecule has 0 bridgehead atoms. The fourth-order valence-electron chi connectivity index (χ4n) is 1.00. The van der Waals surface area contributed by atoms with Gasteiger partial charge in [-0.3, -0.25) is 0 Å². The predicted molar refractivity (Wildman–Crippen MR) is 53.0 cm³/mol. The van der Waals surface area contributed by atoms with Gasteiger partial charge in [-0.2, -0.15) is 0 Å². The highest BCUT2D eigenvalue weighted by atomic mass is 32.2. The van der Waals surface area contributed by atoms with Crippen LogP contribution < -0.4 is 5.73 Å². The molecule has 7 heteroatoms. The van der Waals surface area contributed by atoms with Crippen LogP contribution in [0.25, 0.3) is 0 Å². The van der Waals surface area contributed by atoms with E-state index in [1.165, 1.54) is 11.8 Å². The van der Waals surface area contributed by atoms with Crippen molar-refractivity contribution < 1.29 is 8.94 Å². The molecule has 0 aliphatic carbocycles. The third-order valence-corrected chi connectivity index (χ3v) is 2.50. The van der Waals surface area contributed by atoms with Gasteiger partial charge in [-0.25, -0.2) is 0 Å². The number of nitrogens with two attached hydrogens (primary N) is 1. The second kappa shape index (κ2) is 4.45. The van der Waals surface area contributed by atoms with E-state index in [4.69, 9.17) is 14.7 Å². The maximum Gasteiger partial charge on any atom is 0.277 e. The highest BCUT2D eigenvalue weighted by molar-refractivity contribution is 7.98. The number of hydrogen-bond acceptors (Lipinski definition) is 7. The van der Waals surface area contributed by atoms with E-state index in [1.54, 1.807) is 0 Å². The van der Waals surface area contributed by atoms with Crippen LogP contribution >= 0.6 is 11.8 Å². The lowest BCUT2D eigenvalue weighted by atomic mass is 10.4. The van der Waals surface area contributed by atoms with E-state index in [9.17, 15) is 0 Å². The van der Waals surface area contributed by atoms with Crippen molar-refractivity contribution in [2.45, 2.75) is 24.4 Å². The molecule has 0 radical (unpaired) electrons. The van der Waals surface area contributed by atoms with Crippen molar-refractivity contribution in [3.63, 3.8) is 0 Å². The van der Waals surface area contributed by atoms with Crippen LogP contribution in [0.5, 0.6) is 0 Å². The van der Waals surface area contributed by atoms with Crippen LogP contribution in [0.3, 0.4) is 0 Å². The number of thioether (sulfide) groups is 1. The minimum Gasteiger partial charge on any atom is -0.415 e. The Hall–Kier alpha value is -1.34. The van der Waals surface area contributed by atoms with Crippen molar-refractivity contribution in [2.24, 2.45) is 5.73 Å². The highest BCUT2D eigenvalue weighted by Crippen LogP contribution is 2.20. The van der Waals surface area contributed by atoms with Gasteiger partial charge in [0.15, 0.2) is 0 Å². The molecule has 0 aromatic carbocycles. The second-order valence-electron chi connectivity index (χ2n) is 2.88. The number of aryl methyl sites for hydroxylation is 1. The fourth-order valence-corrected chi connectivity index (χ4v) is 1.66. The van der Waals surface area contributed by atoms with E-state index in [2.05, 4.69) is 15.4 Å². The zero-order chi connectivity index (χ0) is 10.7. The molecule has 0 fully saturated rings. The van der Waals surface area contributed by atoms with Gasteiger partial charge < -0.3 is 14.7 Å². The Kier molecular flexibility index (Phi) is 3.02. The zero-order valence-corrected chi connectivity index (χ0v) is 8.95. The molecule has 0 atom stereocenters. The molecule has 2 rings (SSSR count). The Morgan fingerprint density at radius 2 is 2.33 bits per heavy atom. The standard InChI is InChI=1S/C8H10N4O2S/c1-5-2-6(12-14-5)4-15-8-11-10-7(3-9)13-8/h2H,3-4,9H2,1H3. The smallest absolute Gasteiger partial charge is 0.277 e. The first-order valence-electron chi connectivity index (χ1n) is 4.35. The summed E-state index contributed by atoms with van der Waals surface area (Å²) in [5, 5.41) is 11.9. The molecular weight excluding hydrogens is 216 g/mol. The molecule has 2 heterocycles. The van der Waals surface area contributed by atoms with Crippen LogP contribution in [0.15, 0.2) is 20.2 Å². The largest absolute Gasteiger partial charge is 0.415 e. The molecule has 0 aliphatic heterocycles. The summed E-state index contributed by atoms with van der Waals surface area (Å²) in [7, 11) is 0. The minimum atomic E-state index is 0.261. The van der Waals surface area contributed by atoms with Crippen LogP contribution in [-0.4, -0.2) is 15.4 Å². The molecule has 80 valence electrons. The summed E-state index contributed by atoms with van der Waals surface area (Å²) < 4.78 is 10.1. The Labute approximate surface area is 90.2 Å². The summed E-state index contributed by atoms with van der Waals surface area (Å²) in [5.74, 6) is 1.87. The van der Waals surface area contributed by atoms with E-state index < -0.39 is 0 Å². The monoisotopic (exact) mass is 226 g/mol. The lowest BCUT2D eigenvalue weighted by Gasteiger charge is -1.89. The molecule has 2 aromatic rings. The average Bonchev–Trinajstić information content (AvgIpc) is 2.83. The van der Waals surface area contributed by atoms with Crippen molar-refractivity contribution in [3.8, 4) is 0 Å². The van der Waals surface area contributed by atoms with E-state index in [-0.39, 0.29) is 6.54 Å². The Balaban J connectivity index is 1.93. The van der Waals surface area contributed by atoms with Crippen LogP contribution in [0, 0.1) is 6.92 Å². The van der Waals surface area contributed by atoms with Gasteiger partial charge in [-0.05, 0) is 6.92 Å². The average molecular weight is 226 g/mol. The minimum absolute atomic E-state index is 0.261. The first-order chi connectivity index (χ1) is 7.28. The zero-order valence-electron chi connectivity index (χ0n) is 8.14. The summed E-state index contributed by atoms with van der Waals surface area (Å²) in [4.78, 5) is 0. The van der Waals surface area contributed by atoms with Gasteiger partial charge in [-0.15, -0.1) is 10.2 Å².